The van der Waals surface area contributed by atoms with E-state index in [1.165, 1.54) is 0 Å². The van der Waals surface area contributed by atoms with E-state index in [4.69, 9.17) is 10.3 Å². The van der Waals surface area contributed by atoms with Crippen LogP contribution in [0.15, 0.2) is 29.0 Å². The average molecular weight is 206 g/mol. The van der Waals surface area contributed by atoms with E-state index in [9.17, 15) is 0 Å². The lowest BCUT2D eigenvalue weighted by atomic mass is 10.1. The Kier molecular flexibility index (Phi) is 2.57. The van der Waals surface area contributed by atoms with Gasteiger partial charge in [-0.15, -0.1) is 0 Å². The third-order valence-corrected chi connectivity index (χ3v) is 2.41. The molecule has 80 valence electrons. The van der Waals surface area contributed by atoms with Gasteiger partial charge in [0.1, 0.15) is 5.76 Å². The maximum absolute atomic E-state index is 5.54. The minimum atomic E-state index is -0.0880. The van der Waals surface area contributed by atoms with Crippen LogP contribution in [0.3, 0.4) is 0 Å². The summed E-state index contributed by atoms with van der Waals surface area (Å²) < 4.78 is 7.04. The summed E-state index contributed by atoms with van der Waals surface area (Å²) in [5, 5.41) is 4.11. The summed E-state index contributed by atoms with van der Waals surface area (Å²) in [7, 11) is 1.88. The molecule has 0 aromatic carbocycles. The third-order valence-electron chi connectivity index (χ3n) is 2.41. The molecule has 1 unspecified atom stereocenters. The first kappa shape index (κ1) is 9.95. The highest BCUT2D eigenvalue weighted by molar-refractivity contribution is 5.25. The predicted molar refractivity (Wildman–Crippen MR) is 55.8 cm³/mol. The maximum Gasteiger partial charge on any atom is 0.101 e. The monoisotopic (exact) mass is 206 g/mol. The van der Waals surface area contributed by atoms with Crippen molar-refractivity contribution < 1.29 is 4.42 Å². The third kappa shape index (κ3) is 1.79. The zero-order chi connectivity index (χ0) is 10.8. The molecule has 0 spiro atoms. The minimum absolute atomic E-state index is 0.0880. The first-order valence-corrected chi connectivity index (χ1v) is 4.71. The van der Waals surface area contributed by atoms with E-state index in [0.717, 1.165) is 17.0 Å². The van der Waals surface area contributed by atoms with E-state index in [2.05, 4.69) is 10.5 Å². The van der Waals surface area contributed by atoms with Gasteiger partial charge in [0.2, 0.25) is 0 Å². The van der Waals surface area contributed by atoms with Gasteiger partial charge in [0.15, 0.2) is 0 Å². The molecule has 0 saturated heterocycles. The number of nitrogens with two attached hydrogens (primary N) is 1. The molecule has 3 N–H and O–H groups in total. The van der Waals surface area contributed by atoms with E-state index in [0.29, 0.717) is 0 Å². The molecule has 0 bridgehead atoms. The molecule has 1 atom stereocenters. The summed E-state index contributed by atoms with van der Waals surface area (Å²) in [5.41, 5.74) is 4.75. The molecule has 5 nitrogen and oxygen atoms in total. The van der Waals surface area contributed by atoms with Gasteiger partial charge < -0.3 is 4.42 Å². The van der Waals surface area contributed by atoms with Gasteiger partial charge in [-0.05, 0) is 19.1 Å². The molecule has 0 radical (unpaired) electrons. The first-order valence-electron chi connectivity index (χ1n) is 4.71. The Morgan fingerprint density at radius 1 is 1.60 bits per heavy atom. The van der Waals surface area contributed by atoms with Gasteiger partial charge in [-0.2, -0.15) is 5.10 Å². The van der Waals surface area contributed by atoms with Crippen LogP contribution in [0, 0.1) is 6.92 Å². The summed E-state index contributed by atoms with van der Waals surface area (Å²) in [4.78, 5) is 0. The number of hydrogen-bond donors (Lipinski definition) is 2. The highest BCUT2D eigenvalue weighted by Gasteiger charge is 2.17. The Morgan fingerprint density at radius 3 is 2.87 bits per heavy atom. The average Bonchev–Trinajstić information content (AvgIpc) is 2.79. The molecule has 0 fully saturated rings. The number of nitrogens with zero attached hydrogens (tertiary/aromatic N) is 2. The summed E-state index contributed by atoms with van der Waals surface area (Å²) >= 11 is 0. The summed E-state index contributed by atoms with van der Waals surface area (Å²) in [5.74, 6) is 6.41. The van der Waals surface area contributed by atoms with Crippen LogP contribution in [0.5, 0.6) is 0 Å². The van der Waals surface area contributed by atoms with Gasteiger partial charge in [0, 0.05) is 18.8 Å². The van der Waals surface area contributed by atoms with Crippen LogP contribution >= 0.6 is 0 Å². The largest absolute Gasteiger partial charge is 0.469 e. The van der Waals surface area contributed by atoms with E-state index in [1.807, 2.05) is 26.1 Å². The SMILES string of the molecule is Cc1cc(C(NN)c2ccnn2C)co1. The summed E-state index contributed by atoms with van der Waals surface area (Å²) in [6.45, 7) is 1.90. The summed E-state index contributed by atoms with van der Waals surface area (Å²) in [6.07, 6.45) is 3.44. The van der Waals surface area contributed by atoms with Gasteiger partial charge in [-0.3, -0.25) is 10.5 Å². The molecule has 5 heteroatoms. The molecule has 0 saturated carbocycles. The molecule has 15 heavy (non-hydrogen) atoms. The van der Waals surface area contributed by atoms with Gasteiger partial charge >= 0.3 is 0 Å². The molecule has 2 rings (SSSR count). The van der Waals surface area contributed by atoms with E-state index in [1.54, 1.807) is 17.1 Å². The molecule has 2 heterocycles. The lowest BCUT2D eigenvalue weighted by molar-refractivity contribution is 0.520. The number of rotatable bonds is 3. The highest BCUT2D eigenvalue weighted by atomic mass is 16.3. The van der Waals surface area contributed by atoms with Crippen molar-refractivity contribution in [2.45, 2.75) is 13.0 Å². The maximum atomic E-state index is 5.54. The van der Waals surface area contributed by atoms with Gasteiger partial charge in [-0.25, -0.2) is 5.43 Å². The number of nitrogens with one attached hydrogen (secondary N) is 1. The second kappa shape index (κ2) is 3.88. The predicted octanol–water partition coefficient (Wildman–Crippen LogP) is 0.874. The fourth-order valence-corrected chi connectivity index (χ4v) is 1.63. The quantitative estimate of drug-likeness (QED) is 0.577. The minimum Gasteiger partial charge on any atom is -0.469 e. The van der Waals surface area contributed by atoms with Crippen molar-refractivity contribution in [3.8, 4) is 0 Å². The fourth-order valence-electron chi connectivity index (χ4n) is 1.63. The number of hydrazine groups is 1. The van der Waals surface area contributed by atoms with Crippen LogP contribution in [0.4, 0.5) is 0 Å². The van der Waals surface area contributed by atoms with Gasteiger partial charge in [-0.1, -0.05) is 0 Å². The van der Waals surface area contributed by atoms with Crippen LogP contribution in [-0.2, 0) is 7.05 Å². The molecule has 0 amide bonds. The first-order chi connectivity index (χ1) is 7.22. The molecule has 0 aliphatic carbocycles. The Hall–Kier alpha value is -1.59. The van der Waals surface area contributed by atoms with Gasteiger partial charge in [0.25, 0.3) is 0 Å². The van der Waals surface area contributed by atoms with Crippen LogP contribution < -0.4 is 11.3 Å². The fraction of sp³-hybridized carbons (Fsp3) is 0.300. The lowest BCUT2D eigenvalue weighted by Crippen LogP contribution is -2.30. The molecule has 2 aromatic heterocycles. The van der Waals surface area contributed by atoms with Crippen molar-refractivity contribution in [1.29, 1.82) is 0 Å². The molecule has 0 aliphatic rings. The van der Waals surface area contributed by atoms with Crippen molar-refractivity contribution in [3.63, 3.8) is 0 Å². The topological polar surface area (TPSA) is 69.0 Å². The van der Waals surface area contributed by atoms with Crippen LogP contribution in [0.2, 0.25) is 0 Å². The Morgan fingerprint density at radius 2 is 2.40 bits per heavy atom. The van der Waals surface area contributed by atoms with Crippen LogP contribution in [0.25, 0.3) is 0 Å². The zero-order valence-electron chi connectivity index (χ0n) is 8.77. The standard InChI is InChI=1S/C10H14N4O/c1-7-5-8(6-15-7)10(13-11)9-3-4-12-14(9)2/h3-6,10,13H,11H2,1-2H3. The number of furan rings is 1. The normalized spacial score (nSPS) is 13.0. The van der Waals surface area contributed by atoms with Crippen LogP contribution in [-0.4, -0.2) is 9.78 Å². The Labute approximate surface area is 87.8 Å². The second-order valence-corrected chi connectivity index (χ2v) is 3.47. The van der Waals surface area contributed by atoms with Crippen molar-refractivity contribution in [3.05, 3.63) is 41.6 Å². The Bertz CT molecular complexity index is 446. The molecule has 0 aliphatic heterocycles. The Balaban J connectivity index is 2.36. The molecular formula is C10H14N4O. The van der Waals surface area contributed by atoms with E-state index >= 15 is 0 Å². The van der Waals surface area contributed by atoms with Crippen molar-refractivity contribution >= 4 is 0 Å². The van der Waals surface area contributed by atoms with E-state index < -0.39 is 0 Å². The zero-order valence-corrected chi connectivity index (χ0v) is 8.77. The van der Waals surface area contributed by atoms with E-state index in [-0.39, 0.29) is 6.04 Å². The van der Waals surface area contributed by atoms with Crippen molar-refractivity contribution in [1.82, 2.24) is 15.2 Å². The highest BCUT2D eigenvalue weighted by Crippen LogP contribution is 2.22. The smallest absolute Gasteiger partial charge is 0.101 e. The number of aromatic nitrogens is 2. The van der Waals surface area contributed by atoms with Gasteiger partial charge in [0.05, 0.1) is 18.0 Å². The molecule has 2 aromatic rings. The van der Waals surface area contributed by atoms with Crippen LogP contribution in [0.1, 0.15) is 23.1 Å². The summed E-state index contributed by atoms with van der Waals surface area (Å²) in [6, 6.07) is 3.79. The number of aryl methyl sites for hydroxylation is 2. The number of hydrogen-bond acceptors (Lipinski definition) is 4. The van der Waals surface area contributed by atoms with Crippen molar-refractivity contribution in [2.75, 3.05) is 0 Å². The lowest BCUT2D eigenvalue weighted by Gasteiger charge is -2.13. The second-order valence-electron chi connectivity index (χ2n) is 3.47. The van der Waals surface area contributed by atoms with Crippen molar-refractivity contribution in [2.24, 2.45) is 12.9 Å². The molecular weight excluding hydrogens is 192 g/mol.